The van der Waals surface area contributed by atoms with Gasteiger partial charge < -0.3 is 14.4 Å². The van der Waals surface area contributed by atoms with E-state index in [9.17, 15) is 9.59 Å². The third-order valence-electron chi connectivity index (χ3n) is 5.39. The van der Waals surface area contributed by atoms with Crippen molar-refractivity contribution < 1.29 is 4.79 Å². The maximum atomic E-state index is 12.9. The minimum Gasteiger partial charge on any atom is -0.341 e. The molecule has 0 unspecified atom stereocenters. The molecule has 130 valence electrons. The van der Waals surface area contributed by atoms with Crippen LogP contribution in [0.3, 0.4) is 0 Å². The molecule has 1 aliphatic carbocycles. The number of hydrogen-bond donors (Lipinski definition) is 0. The van der Waals surface area contributed by atoms with Crippen LogP contribution in [0.2, 0.25) is 0 Å². The van der Waals surface area contributed by atoms with Gasteiger partial charge in [-0.05, 0) is 50.4 Å². The minimum atomic E-state index is 0.00106. The lowest BCUT2D eigenvalue weighted by molar-refractivity contribution is 0.0740. The first kappa shape index (κ1) is 17.0. The molecular formula is C19H27N3O2. The predicted molar refractivity (Wildman–Crippen MR) is 96.2 cm³/mol. The van der Waals surface area contributed by atoms with Crippen molar-refractivity contribution in [2.75, 3.05) is 33.2 Å². The number of aromatic nitrogens is 1. The Labute approximate surface area is 143 Å². The fraction of sp³-hybridized carbons (Fsp3) is 0.579. The van der Waals surface area contributed by atoms with Crippen LogP contribution in [0.4, 0.5) is 0 Å². The molecule has 0 spiro atoms. The van der Waals surface area contributed by atoms with Gasteiger partial charge in [0.05, 0.1) is 5.56 Å². The minimum absolute atomic E-state index is 0.00106. The number of likely N-dealkylation sites (tertiary alicyclic amines) is 1. The number of allylic oxidation sites excluding steroid dienone is 1. The molecule has 5 heteroatoms. The molecule has 0 aromatic carbocycles. The van der Waals surface area contributed by atoms with Crippen molar-refractivity contribution in [2.24, 2.45) is 13.0 Å². The summed E-state index contributed by atoms with van der Waals surface area (Å²) in [5.74, 6) is 0.587. The van der Waals surface area contributed by atoms with Gasteiger partial charge in [0.25, 0.3) is 11.5 Å². The van der Waals surface area contributed by atoms with E-state index in [-0.39, 0.29) is 11.5 Å². The van der Waals surface area contributed by atoms with Gasteiger partial charge in [0.15, 0.2) is 0 Å². The standard InChI is InChI=1S/C19H27N3O2/c1-4-22-10-8-14(9-11-22)12-20(2)19(24)17-13-21(3)18(23)16-7-5-6-15(16)17/h5-6,13-14H,4,7-12H2,1-3H3. The summed E-state index contributed by atoms with van der Waals surface area (Å²) in [6, 6.07) is 0. The number of nitrogens with zero attached hydrogens (tertiary/aromatic N) is 3. The van der Waals surface area contributed by atoms with Crippen molar-refractivity contribution in [3.63, 3.8) is 0 Å². The maximum Gasteiger partial charge on any atom is 0.255 e. The molecule has 0 atom stereocenters. The number of pyridine rings is 1. The third-order valence-corrected chi connectivity index (χ3v) is 5.39. The predicted octanol–water partition coefficient (Wildman–Crippen LogP) is 1.76. The van der Waals surface area contributed by atoms with Crippen LogP contribution in [-0.2, 0) is 13.5 Å². The largest absolute Gasteiger partial charge is 0.341 e. The highest BCUT2D eigenvalue weighted by Crippen LogP contribution is 2.23. The third kappa shape index (κ3) is 3.18. The van der Waals surface area contributed by atoms with E-state index in [1.807, 2.05) is 24.1 Å². The summed E-state index contributed by atoms with van der Waals surface area (Å²) in [6.45, 7) is 6.35. The van der Waals surface area contributed by atoms with Gasteiger partial charge in [-0.1, -0.05) is 19.1 Å². The Morgan fingerprint density at radius 3 is 2.71 bits per heavy atom. The molecule has 0 radical (unpaired) electrons. The molecule has 1 aromatic heterocycles. The number of carbonyl (C=O) groups excluding carboxylic acids is 1. The number of aryl methyl sites for hydroxylation is 1. The van der Waals surface area contributed by atoms with Crippen molar-refractivity contribution in [2.45, 2.75) is 26.2 Å². The van der Waals surface area contributed by atoms with Crippen molar-refractivity contribution >= 4 is 12.0 Å². The van der Waals surface area contributed by atoms with Crippen LogP contribution in [0.5, 0.6) is 0 Å². The zero-order chi connectivity index (χ0) is 17.3. The lowest BCUT2D eigenvalue weighted by Gasteiger charge is -2.33. The van der Waals surface area contributed by atoms with E-state index in [2.05, 4.69) is 11.8 Å². The molecule has 2 aliphatic rings. The summed E-state index contributed by atoms with van der Waals surface area (Å²) < 4.78 is 1.53. The van der Waals surface area contributed by atoms with E-state index in [0.29, 0.717) is 17.9 Å². The van der Waals surface area contributed by atoms with Crippen LogP contribution in [0.1, 0.15) is 41.3 Å². The van der Waals surface area contributed by atoms with Crippen LogP contribution >= 0.6 is 0 Å². The van der Waals surface area contributed by atoms with Gasteiger partial charge >= 0.3 is 0 Å². The second kappa shape index (κ2) is 6.93. The molecule has 1 aliphatic heterocycles. The Bertz CT molecular complexity index is 712. The van der Waals surface area contributed by atoms with Crippen LogP contribution in [0.25, 0.3) is 6.08 Å². The highest BCUT2D eigenvalue weighted by atomic mass is 16.2. The van der Waals surface area contributed by atoms with Crippen molar-refractivity contribution in [3.05, 3.63) is 39.3 Å². The Balaban J connectivity index is 1.73. The van der Waals surface area contributed by atoms with Crippen molar-refractivity contribution in [1.29, 1.82) is 0 Å². The fourth-order valence-corrected chi connectivity index (χ4v) is 3.83. The number of carbonyl (C=O) groups is 1. The van der Waals surface area contributed by atoms with Gasteiger partial charge in [0.1, 0.15) is 0 Å². The highest BCUT2D eigenvalue weighted by molar-refractivity contribution is 5.98. The van der Waals surface area contributed by atoms with Gasteiger partial charge in [-0.3, -0.25) is 9.59 Å². The summed E-state index contributed by atoms with van der Waals surface area (Å²) in [5, 5.41) is 0. The van der Waals surface area contributed by atoms with Crippen LogP contribution in [-0.4, -0.2) is 53.5 Å². The summed E-state index contributed by atoms with van der Waals surface area (Å²) >= 11 is 0. The Morgan fingerprint density at radius 1 is 1.33 bits per heavy atom. The first-order chi connectivity index (χ1) is 11.5. The fourth-order valence-electron chi connectivity index (χ4n) is 3.83. The molecule has 1 amide bonds. The van der Waals surface area contributed by atoms with E-state index in [1.165, 1.54) is 4.57 Å². The zero-order valence-electron chi connectivity index (χ0n) is 14.9. The quantitative estimate of drug-likeness (QED) is 0.845. The molecule has 5 nitrogen and oxygen atoms in total. The number of hydrogen-bond acceptors (Lipinski definition) is 3. The van der Waals surface area contributed by atoms with E-state index in [4.69, 9.17) is 0 Å². The molecule has 1 aromatic rings. The Hall–Kier alpha value is -1.88. The van der Waals surface area contributed by atoms with Gasteiger partial charge in [-0.2, -0.15) is 0 Å². The summed E-state index contributed by atoms with van der Waals surface area (Å²) in [7, 11) is 3.60. The van der Waals surface area contributed by atoms with Gasteiger partial charge in [0, 0.05) is 32.4 Å². The zero-order valence-corrected chi connectivity index (χ0v) is 14.9. The molecule has 2 heterocycles. The molecule has 1 saturated heterocycles. The van der Waals surface area contributed by atoms with Gasteiger partial charge in [-0.15, -0.1) is 0 Å². The second-order valence-corrected chi connectivity index (χ2v) is 7.02. The lowest BCUT2D eigenvalue weighted by Crippen LogP contribution is -2.39. The average Bonchev–Trinajstić information content (AvgIpc) is 3.08. The van der Waals surface area contributed by atoms with E-state index < -0.39 is 0 Å². The molecule has 24 heavy (non-hydrogen) atoms. The number of amides is 1. The molecule has 0 bridgehead atoms. The molecule has 3 rings (SSSR count). The summed E-state index contributed by atoms with van der Waals surface area (Å²) in [4.78, 5) is 29.4. The van der Waals surface area contributed by atoms with Crippen molar-refractivity contribution in [3.8, 4) is 0 Å². The van der Waals surface area contributed by atoms with Gasteiger partial charge in [0.2, 0.25) is 0 Å². The normalized spacial score (nSPS) is 18.0. The molecular weight excluding hydrogens is 302 g/mol. The van der Waals surface area contributed by atoms with Gasteiger partial charge in [-0.25, -0.2) is 0 Å². The van der Waals surface area contributed by atoms with Crippen LogP contribution in [0.15, 0.2) is 17.1 Å². The monoisotopic (exact) mass is 329 g/mol. The first-order valence-corrected chi connectivity index (χ1v) is 8.88. The smallest absolute Gasteiger partial charge is 0.255 e. The van der Waals surface area contributed by atoms with E-state index >= 15 is 0 Å². The Morgan fingerprint density at radius 2 is 2.04 bits per heavy atom. The van der Waals surface area contributed by atoms with E-state index in [1.54, 1.807) is 13.2 Å². The maximum absolute atomic E-state index is 12.9. The van der Waals surface area contributed by atoms with Crippen LogP contribution < -0.4 is 5.56 Å². The molecule has 0 N–H and O–H groups in total. The average molecular weight is 329 g/mol. The number of piperidine rings is 1. The number of rotatable bonds is 4. The SMILES string of the molecule is CCN1CCC(CN(C)C(=O)c2cn(C)c(=O)c3c2C=CC3)CC1. The molecule has 1 fully saturated rings. The molecule has 0 saturated carbocycles. The topological polar surface area (TPSA) is 45.5 Å². The summed E-state index contributed by atoms with van der Waals surface area (Å²) in [5.41, 5.74) is 2.21. The van der Waals surface area contributed by atoms with Crippen molar-refractivity contribution in [1.82, 2.24) is 14.4 Å². The second-order valence-electron chi connectivity index (χ2n) is 7.02. The first-order valence-electron chi connectivity index (χ1n) is 8.88. The summed E-state index contributed by atoms with van der Waals surface area (Å²) in [6.07, 6.45) is 8.49. The van der Waals surface area contributed by atoms with E-state index in [0.717, 1.165) is 50.1 Å². The number of fused-ring (bicyclic) bond motifs is 1. The highest BCUT2D eigenvalue weighted by Gasteiger charge is 2.25. The lowest BCUT2D eigenvalue weighted by atomic mass is 9.96. The van der Waals surface area contributed by atoms with Crippen LogP contribution in [0, 0.1) is 5.92 Å². The Kier molecular flexibility index (Phi) is 4.90.